The van der Waals surface area contributed by atoms with Crippen LogP contribution in [0.5, 0.6) is 0 Å². The molecule has 0 aliphatic rings. The molecule has 1 aromatic carbocycles. The Bertz CT molecular complexity index is 697. The van der Waals surface area contributed by atoms with E-state index in [2.05, 4.69) is 15.7 Å². The van der Waals surface area contributed by atoms with E-state index in [0.717, 1.165) is 24.8 Å². The third-order valence-corrected chi connectivity index (χ3v) is 3.94. The van der Waals surface area contributed by atoms with Gasteiger partial charge >= 0.3 is 0 Å². The normalized spacial score (nSPS) is 10.5. The molecule has 1 heterocycles. The van der Waals surface area contributed by atoms with Gasteiger partial charge in [-0.15, -0.1) is 0 Å². The van der Waals surface area contributed by atoms with Gasteiger partial charge in [0, 0.05) is 31.0 Å². The van der Waals surface area contributed by atoms with Gasteiger partial charge in [-0.3, -0.25) is 9.59 Å². The quantitative estimate of drug-likeness (QED) is 0.672. The Labute approximate surface area is 152 Å². The molecule has 0 spiro atoms. The maximum atomic E-state index is 12.1. The van der Waals surface area contributed by atoms with Gasteiger partial charge in [0.2, 0.25) is 11.8 Å². The molecule has 25 heavy (non-hydrogen) atoms. The summed E-state index contributed by atoms with van der Waals surface area (Å²) in [6.45, 7) is 2.72. The predicted octanol–water partition coefficient (Wildman–Crippen LogP) is 3.22. The van der Waals surface area contributed by atoms with E-state index in [1.165, 1.54) is 6.92 Å². The SMILES string of the molecule is CC(=O)NCCCCCC(=O)Nc1ccnn1Cc1ccc(Cl)cc1. The first kappa shape index (κ1) is 19.0. The number of benzene rings is 1. The van der Waals surface area contributed by atoms with Crippen LogP contribution in [-0.4, -0.2) is 28.1 Å². The fourth-order valence-electron chi connectivity index (χ4n) is 2.38. The highest BCUT2D eigenvalue weighted by Gasteiger charge is 2.08. The summed E-state index contributed by atoms with van der Waals surface area (Å²) in [6.07, 6.45) is 4.68. The summed E-state index contributed by atoms with van der Waals surface area (Å²) in [5.74, 6) is 0.627. The molecular formula is C18H23ClN4O2. The van der Waals surface area contributed by atoms with Crippen LogP contribution in [0.2, 0.25) is 5.02 Å². The van der Waals surface area contributed by atoms with Crippen LogP contribution >= 0.6 is 11.6 Å². The molecule has 0 atom stereocenters. The van der Waals surface area contributed by atoms with Gasteiger partial charge in [-0.05, 0) is 30.5 Å². The molecule has 2 amide bonds. The average molecular weight is 363 g/mol. The molecule has 0 aliphatic carbocycles. The van der Waals surface area contributed by atoms with Crippen LogP contribution in [0.1, 0.15) is 38.2 Å². The number of unbranched alkanes of at least 4 members (excludes halogenated alkanes) is 2. The molecule has 134 valence electrons. The summed E-state index contributed by atoms with van der Waals surface area (Å²) >= 11 is 5.89. The smallest absolute Gasteiger partial charge is 0.225 e. The van der Waals surface area contributed by atoms with Crippen molar-refractivity contribution in [1.29, 1.82) is 0 Å². The number of anilines is 1. The number of amides is 2. The Hall–Kier alpha value is -2.34. The lowest BCUT2D eigenvalue weighted by Gasteiger charge is -2.09. The second kappa shape index (κ2) is 9.84. The minimum atomic E-state index is -0.0302. The topological polar surface area (TPSA) is 76.0 Å². The van der Waals surface area contributed by atoms with Gasteiger partial charge in [0.1, 0.15) is 5.82 Å². The van der Waals surface area contributed by atoms with Crippen molar-refractivity contribution in [3.05, 3.63) is 47.1 Å². The molecule has 2 rings (SSSR count). The summed E-state index contributed by atoms with van der Waals surface area (Å²) in [6, 6.07) is 9.32. The van der Waals surface area contributed by atoms with Gasteiger partial charge in [-0.25, -0.2) is 4.68 Å². The molecule has 0 aliphatic heterocycles. The van der Waals surface area contributed by atoms with E-state index in [-0.39, 0.29) is 11.8 Å². The summed E-state index contributed by atoms with van der Waals surface area (Å²) in [4.78, 5) is 22.8. The lowest BCUT2D eigenvalue weighted by molar-refractivity contribution is -0.119. The van der Waals surface area contributed by atoms with Crippen molar-refractivity contribution in [3.63, 3.8) is 0 Å². The predicted molar refractivity (Wildman–Crippen MR) is 98.6 cm³/mol. The Morgan fingerprint density at radius 1 is 1.12 bits per heavy atom. The van der Waals surface area contributed by atoms with Crippen molar-refractivity contribution in [2.45, 2.75) is 39.2 Å². The molecule has 0 saturated carbocycles. The number of aromatic nitrogens is 2. The van der Waals surface area contributed by atoms with Crippen LogP contribution in [-0.2, 0) is 16.1 Å². The fraction of sp³-hybridized carbons (Fsp3) is 0.389. The van der Waals surface area contributed by atoms with Gasteiger partial charge in [0.15, 0.2) is 0 Å². The highest BCUT2D eigenvalue weighted by atomic mass is 35.5. The minimum Gasteiger partial charge on any atom is -0.356 e. The highest BCUT2D eigenvalue weighted by Crippen LogP contribution is 2.14. The van der Waals surface area contributed by atoms with Gasteiger partial charge in [-0.2, -0.15) is 5.10 Å². The van der Waals surface area contributed by atoms with Crippen LogP contribution in [0, 0.1) is 0 Å². The zero-order chi connectivity index (χ0) is 18.1. The van der Waals surface area contributed by atoms with Crippen molar-refractivity contribution in [2.75, 3.05) is 11.9 Å². The number of nitrogens with one attached hydrogen (secondary N) is 2. The monoisotopic (exact) mass is 362 g/mol. The third kappa shape index (κ3) is 6.97. The zero-order valence-corrected chi connectivity index (χ0v) is 15.1. The summed E-state index contributed by atoms with van der Waals surface area (Å²) in [5.41, 5.74) is 1.06. The molecule has 0 fully saturated rings. The Kier molecular flexibility index (Phi) is 7.47. The number of halogens is 1. The third-order valence-electron chi connectivity index (χ3n) is 3.68. The first-order valence-corrected chi connectivity index (χ1v) is 8.73. The van der Waals surface area contributed by atoms with E-state index >= 15 is 0 Å². The minimum absolute atomic E-state index is 0.0216. The molecule has 7 heteroatoms. The number of carbonyl (C=O) groups is 2. The molecule has 2 N–H and O–H groups in total. The van der Waals surface area contributed by atoms with E-state index in [4.69, 9.17) is 11.6 Å². The van der Waals surface area contributed by atoms with Gasteiger partial charge < -0.3 is 10.6 Å². The highest BCUT2D eigenvalue weighted by molar-refractivity contribution is 6.30. The molecule has 0 bridgehead atoms. The molecule has 2 aromatic rings. The van der Waals surface area contributed by atoms with Crippen LogP contribution in [0.3, 0.4) is 0 Å². The number of hydrogen-bond acceptors (Lipinski definition) is 3. The first-order chi connectivity index (χ1) is 12.0. The standard InChI is InChI=1S/C18H23ClN4O2/c1-14(24)20-11-4-2-3-5-18(25)22-17-10-12-21-23(17)13-15-6-8-16(19)9-7-15/h6-10,12H,2-5,11,13H2,1H3,(H,20,24)(H,22,25). The number of carbonyl (C=O) groups excluding carboxylic acids is 2. The van der Waals surface area contributed by atoms with E-state index < -0.39 is 0 Å². The summed E-state index contributed by atoms with van der Waals surface area (Å²) in [5, 5.41) is 10.6. The van der Waals surface area contributed by atoms with Crippen LogP contribution in [0.4, 0.5) is 5.82 Å². The van der Waals surface area contributed by atoms with Gasteiger partial charge in [0.25, 0.3) is 0 Å². The van der Waals surface area contributed by atoms with Crippen molar-refractivity contribution in [2.24, 2.45) is 0 Å². The van der Waals surface area contributed by atoms with E-state index in [9.17, 15) is 9.59 Å². The Balaban J connectivity index is 1.75. The van der Waals surface area contributed by atoms with Crippen molar-refractivity contribution in [3.8, 4) is 0 Å². The van der Waals surface area contributed by atoms with Gasteiger partial charge in [0.05, 0.1) is 12.7 Å². The van der Waals surface area contributed by atoms with E-state index in [1.807, 2.05) is 24.3 Å². The van der Waals surface area contributed by atoms with Crippen molar-refractivity contribution in [1.82, 2.24) is 15.1 Å². The van der Waals surface area contributed by atoms with Crippen molar-refractivity contribution < 1.29 is 9.59 Å². The van der Waals surface area contributed by atoms with E-state index in [1.54, 1.807) is 16.9 Å². The average Bonchev–Trinajstić information content (AvgIpc) is 2.99. The summed E-state index contributed by atoms with van der Waals surface area (Å²) in [7, 11) is 0. The lowest BCUT2D eigenvalue weighted by atomic mass is 10.2. The number of hydrogen-bond donors (Lipinski definition) is 2. The molecule has 6 nitrogen and oxygen atoms in total. The maximum absolute atomic E-state index is 12.1. The van der Waals surface area contributed by atoms with Gasteiger partial charge in [-0.1, -0.05) is 30.2 Å². The molecule has 0 radical (unpaired) electrons. The van der Waals surface area contributed by atoms with E-state index in [0.29, 0.717) is 30.4 Å². The van der Waals surface area contributed by atoms with Crippen molar-refractivity contribution >= 4 is 29.2 Å². The first-order valence-electron chi connectivity index (χ1n) is 8.35. The van der Waals surface area contributed by atoms with Crippen LogP contribution < -0.4 is 10.6 Å². The summed E-state index contributed by atoms with van der Waals surface area (Å²) < 4.78 is 1.75. The zero-order valence-electron chi connectivity index (χ0n) is 14.3. The number of nitrogens with zero attached hydrogens (tertiary/aromatic N) is 2. The molecule has 1 aromatic heterocycles. The Morgan fingerprint density at radius 3 is 2.60 bits per heavy atom. The second-order valence-corrected chi connectivity index (χ2v) is 6.28. The van der Waals surface area contributed by atoms with Crippen LogP contribution in [0.25, 0.3) is 0 Å². The molecule has 0 saturated heterocycles. The molecule has 0 unspecified atom stereocenters. The molecular weight excluding hydrogens is 340 g/mol. The fourth-order valence-corrected chi connectivity index (χ4v) is 2.51. The maximum Gasteiger partial charge on any atom is 0.225 e. The lowest BCUT2D eigenvalue weighted by Crippen LogP contribution is -2.20. The number of rotatable bonds is 9. The van der Waals surface area contributed by atoms with Crippen LogP contribution in [0.15, 0.2) is 36.5 Å². The largest absolute Gasteiger partial charge is 0.356 e. The Morgan fingerprint density at radius 2 is 1.88 bits per heavy atom. The second-order valence-electron chi connectivity index (χ2n) is 5.84.